The third kappa shape index (κ3) is 6.06. The molecule has 5 fully saturated rings. The first kappa shape index (κ1) is 32.2. The van der Waals surface area contributed by atoms with Gasteiger partial charge in [0.1, 0.15) is 23.7 Å². The molecular formula is C36H37BrClN7O4. The molecule has 6 aliphatic heterocycles. The number of rotatable bonds is 7. The molecule has 7 aliphatic rings. The highest BCUT2D eigenvalue weighted by Crippen LogP contribution is 2.39. The highest BCUT2D eigenvalue weighted by atomic mass is 79.9. The minimum atomic E-state index is -0.622. The second kappa shape index (κ2) is 13.0. The number of nitrogens with zero attached hydrogens (tertiary/aromatic N) is 5. The number of carbonyl (C=O) groups is 3. The SMILES string of the molecule is N#Cc1ccc(OC2CCC(N3NC=CC=C3N3CC4CC(C3)N4Cc3cc(Br)c4c(c3)CN(C3CCC(=O)NC3=O)C4=O)CC2)cc1Cl. The van der Waals surface area contributed by atoms with Gasteiger partial charge in [0, 0.05) is 61.4 Å². The van der Waals surface area contributed by atoms with Crippen molar-refractivity contribution in [1.82, 2.24) is 30.5 Å². The highest BCUT2D eigenvalue weighted by Gasteiger charge is 2.46. The van der Waals surface area contributed by atoms with E-state index in [0.29, 0.717) is 53.0 Å². The van der Waals surface area contributed by atoms with Crippen LogP contribution < -0.4 is 15.5 Å². The molecule has 2 aromatic carbocycles. The quantitative estimate of drug-likeness (QED) is 0.393. The zero-order valence-corrected chi connectivity index (χ0v) is 29.3. The Bertz CT molecular complexity index is 1810. The maximum Gasteiger partial charge on any atom is 0.256 e. The number of piperazine rings is 1. The number of imide groups is 1. The second-order valence-corrected chi connectivity index (χ2v) is 15.1. The summed E-state index contributed by atoms with van der Waals surface area (Å²) in [6, 6.07) is 12.1. The molecule has 1 saturated carbocycles. The van der Waals surface area contributed by atoms with Crippen LogP contribution in [0.2, 0.25) is 5.02 Å². The van der Waals surface area contributed by atoms with E-state index in [1.54, 1.807) is 17.0 Å². The minimum Gasteiger partial charge on any atom is -0.490 e. The number of allylic oxidation sites excluding steroid dienone is 2. The number of hydrazine groups is 1. The van der Waals surface area contributed by atoms with Crippen LogP contribution in [0.25, 0.3) is 0 Å². The van der Waals surface area contributed by atoms with Crippen molar-refractivity contribution >= 4 is 45.3 Å². The third-order valence-corrected chi connectivity index (χ3v) is 11.8. The van der Waals surface area contributed by atoms with Crippen molar-refractivity contribution in [2.75, 3.05) is 13.1 Å². The van der Waals surface area contributed by atoms with Crippen molar-refractivity contribution < 1.29 is 19.1 Å². The number of piperidine rings is 2. The third-order valence-electron chi connectivity index (χ3n) is 10.8. The monoisotopic (exact) mass is 745 g/mol. The predicted octanol–water partition coefficient (Wildman–Crippen LogP) is 4.56. The molecule has 13 heteroatoms. The first-order chi connectivity index (χ1) is 23.7. The summed E-state index contributed by atoms with van der Waals surface area (Å²) in [7, 11) is 0. The number of benzene rings is 2. The van der Waals surface area contributed by atoms with Gasteiger partial charge in [0.05, 0.1) is 28.3 Å². The van der Waals surface area contributed by atoms with Gasteiger partial charge in [-0.1, -0.05) is 17.7 Å². The van der Waals surface area contributed by atoms with Crippen molar-refractivity contribution in [2.24, 2.45) is 0 Å². The predicted molar refractivity (Wildman–Crippen MR) is 185 cm³/mol. The Kier molecular flexibility index (Phi) is 8.54. The first-order valence-corrected chi connectivity index (χ1v) is 18.2. The van der Waals surface area contributed by atoms with Gasteiger partial charge in [0.15, 0.2) is 0 Å². The molecule has 0 aromatic heterocycles. The number of nitrogens with one attached hydrogen (secondary N) is 2. The van der Waals surface area contributed by atoms with Crippen LogP contribution in [0.4, 0.5) is 0 Å². The molecule has 49 heavy (non-hydrogen) atoms. The summed E-state index contributed by atoms with van der Waals surface area (Å²) in [6.45, 7) is 3.06. The number of carbonyl (C=O) groups excluding carboxylic acids is 3. The smallest absolute Gasteiger partial charge is 0.256 e. The first-order valence-electron chi connectivity index (χ1n) is 17.0. The van der Waals surface area contributed by atoms with Crippen molar-refractivity contribution in [3.8, 4) is 11.8 Å². The Morgan fingerprint density at radius 2 is 1.82 bits per heavy atom. The van der Waals surface area contributed by atoms with E-state index in [0.717, 1.165) is 60.9 Å². The van der Waals surface area contributed by atoms with E-state index in [4.69, 9.17) is 21.6 Å². The molecular weight excluding hydrogens is 710 g/mol. The van der Waals surface area contributed by atoms with E-state index in [1.807, 2.05) is 18.3 Å². The lowest BCUT2D eigenvalue weighted by atomic mass is 9.86. The van der Waals surface area contributed by atoms with Gasteiger partial charge in [-0.2, -0.15) is 5.26 Å². The Morgan fingerprint density at radius 3 is 2.55 bits per heavy atom. The van der Waals surface area contributed by atoms with E-state index < -0.39 is 11.9 Å². The van der Waals surface area contributed by atoms with Crippen LogP contribution in [0.15, 0.2) is 59.0 Å². The summed E-state index contributed by atoms with van der Waals surface area (Å²) in [5.41, 5.74) is 6.67. The van der Waals surface area contributed by atoms with E-state index in [1.165, 1.54) is 12.2 Å². The standard InChI is InChI=1S/C36H37BrClN7O4/c37-29-13-21(12-23-18-44(36(48)34(23)29)31-9-10-32(46)41-35(31)47)17-43-25-14-26(43)20-42(19-25)33-2-1-11-40-45(33)24-4-7-27(8-5-24)49-28-6-3-22(16-39)30(38)15-28/h1-3,6,11-13,15,24-27,31,40H,4-5,7-10,14,17-20H2,(H,41,46,47). The fourth-order valence-corrected chi connectivity index (χ4v) is 9.31. The highest BCUT2D eigenvalue weighted by molar-refractivity contribution is 9.10. The molecule has 3 amide bonds. The Morgan fingerprint density at radius 1 is 1.02 bits per heavy atom. The van der Waals surface area contributed by atoms with Crippen LogP contribution in [0.5, 0.6) is 5.75 Å². The van der Waals surface area contributed by atoms with Crippen LogP contribution in [0.3, 0.4) is 0 Å². The molecule has 254 valence electrons. The molecule has 2 N–H and O–H groups in total. The van der Waals surface area contributed by atoms with Gasteiger partial charge >= 0.3 is 0 Å². The van der Waals surface area contributed by atoms with Gasteiger partial charge in [-0.15, -0.1) is 0 Å². The fraction of sp³-hybridized carbons (Fsp3) is 0.444. The summed E-state index contributed by atoms with van der Waals surface area (Å²) in [5.74, 6) is 1.08. The van der Waals surface area contributed by atoms with Gasteiger partial charge < -0.3 is 20.0 Å². The molecule has 11 nitrogen and oxygen atoms in total. The zero-order chi connectivity index (χ0) is 33.8. The maximum atomic E-state index is 13.3. The summed E-state index contributed by atoms with van der Waals surface area (Å²) in [6.07, 6.45) is 12.0. The van der Waals surface area contributed by atoms with Gasteiger partial charge in [0.2, 0.25) is 11.8 Å². The van der Waals surface area contributed by atoms with Gasteiger partial charge in [0.25, 0.3) is 5.91 Å². The molecule has 6 heterocycles. The van der Waals surface area contributed by atoms with E-state index in [2.05, 4.69) is 65.8 Å². The number of amides is 3. The van der Waals surface area contributed by atoms with E-state index >= 15 is 0 Å². The Balaban J connectivity index is 0.876. The van der Waals surface area contributed by atoms with Crippen LogP contribution >= 0.6 is 27.5 Å². The zero-order valence-electron chi connectivity index (χ0n) is 26.9. The van der Waals surface area contributed by atoms with Gasteiger partial charge in [-0.05, 0) is 95.9 Å². The van der Waals surface area contributed by atoms with Crippen molar-refractivity contribution in [3.05, 3.63) is 86.3 Å². The summed E-state index contributed by atoms with van der Waals surface area (Å²) in [5, 5.41) is 14.3. The lowest BCUT2D eigenvalue weighted by Crippen LogP contribution is -2.69. The van der Waals surface area contributed by atoms with Crippen LogP contribution in [-0.2, 0) is 22.7 Å². The van der Waals surface area contributed by atoms with E-state index in [-0.39, 0.29) is 24.3 Å². The summed E-state index contributed by atoms with van der Waals surface area (Å²) < 4.78 is 7.00. The normalized spacial score (nSPS) is 27.9. The van der Waals surface area contributed by atoms with Gasteiger partial charge in [-0.3, -0.25) is 29.6 Å². The Hall–Kier alpha value is -4.05. The lowest BCUT2D eigenvalue weighted by Gasteiger charge is -2.58. The Labute approximate surface area is 298 Å². The number of fused-ring (bicyclic) bond motifs is 3. The van der Waals surface area contributed by atoms with Crippen molar-refractivity contribution in [3.63, 3.8) is 0 Å². The molecule has 0 radical (unpaired) electrons. The van der Waals surface area contributed by atoms with Gasteiger partial charge in [-0.25, -0.2) is 0 Å². The molecule has 3 unspecified atom stereocenters. The van der Waals surface area contributed by atoms with Crippen LogP contribution in [-0.4, -0.2) is 80.8 Å². The summed E-state index contributed by atoms with van der Waals surface area (Å²) in [4.78, 5) is 44.2. The second-order valence-electron chi connectivity index (χ2n) is 13.8. The van der Waals surface area contributed by atoms with Crippen molar-refractivity contribution in [1.29, 1.82) is 5.26 Å². The largest absolute Gasteiger partial charge is 0.490 e. The number of nitriles is 1. The maximum absolute atomic E-state index is 13.3. The number of hydrogen-bond acceptors (Lipinski definition) is 9. The molecule has 2 bridgehead atoms. The average molecular weight is 747 g/mol. The number of halogens is 2. The summed E-state index contributed by atoms with van der Waals surface area (Å²) >= 11 is 9.88. The molecule has 3 atom stereocenters. The lowest BCUT2D eigenvalue weighted by molar-refractivity contribution is -0.136. The van der Waals surface area contributed by atoms with Crippen LogP contribution in [0.1, 0.15) is 72.0 Å². The molecule has 0 spiro atoms. The topological polar surface area (TPSA) is 121 Å². The van der Waals surface area contributed by atoms with Crippen LogP contribution in [0, 0.1) is 11.3 Å². The fourth-order valence-electron chi connectivity index (χ4n) is 8.38. The number of ether oxygens (including phenoxy) is 1. The molecule has 1 aliphatic carbocycles. The average Bonchev–Trinajstić information content (AvgIpc) is 3.43. The molecule has 9 rings (SSSR count). The molecule has 2 aromatic rings. The number of hydrogen-bond donors (Lipinski definition) is 2. The van der Waals surface area contributed by atoms with E-state index in [9.17, 15) is 14.4 Å². The molecule has 4 saturated heterocycles. The minimum absolute atomic E-state index is 0.113. The van der Waals surface area contributed by atoms with Crippen molar-refractivity contribution in [2.45, 2.75) is 88.3 Å².